The van der Waals surface area contributed by atoms with Crippen LogP contribution < -0.4 is 5.32 Å². The molecule has 0 fully saturated rings. The highest BCUT2D eigenvalue weighted by atomic mass is 32.2. The highest BCUT2D eigenvalue weighted by molar-refractivity contribution is 7.99. The smallest absolute Gasteiger partial charge is 0.221 e. The van der Waals surface area contributed by atoms with Gasteiger partial charge in [-0.25, -0.2) is 0 Å². The summed E-state index contributed by atoms with van der Waals surface area (Å²) in [5, 5.41) is 2.77. The van der Waals surface area contributed by atoms with E-state index < -0.39 is 0 Å². The van der Waals surface area contributed by atoms with Crippen LogP contribution in [-0.2, 0) is 4.79 Å². The summed E-state index contributed by atoms with van der Waals surface area (Å²) in [4.78, 5) is 12.0. The molecule has 1 N–H and O–H groups in total. The van der Waals surface area contributed by atoms with E-state index >= 15 is 0 Å². The Bertz CT molecular complexity index is 312. The lowest BCUT2D eigenvalue weighted by atomic mass is 10.3. The number of hydrogen-bond donors (Lipinski definition) is 1. The number of anilines is 1. The van der Waals surface area contributed by atoms with E-state index in [1.807, 2.05) is 30.0 Å². The maximum atomic E-state index is 10.8. The second kappa shape index (κ2) is 5.70. The van der Waals surface area contributed by atoms with E-state index in [4.69, 9.17) is 0 Å². The van der Waals surface area contributed by atoms with Gasteiger partial charge in [-0.15, -0.1) is 11.8 Å². The third-order valence-electron chi connectivity index (χ3n) is 1.63. The van der Waals surface area contributed by atoms with Crippen molar-refractivity contribution >= 4 is 23.4 Å². The van der Waals surface area contributed by atoms with E-state index in [0.29, 0.717) is 0 Å². The molecular weight excluding hydrogens is 194 g/mol. The third-order valence-corrected chi connectivity index (χ3v) is 2.83. The summed E-state index contributed by atoms with van der Waals surface area (Å²) in [6, 6.07) is 7.92. The monoisotopic (exact) mass is 209 g/mol. The van der Waals surface area contributed by atoms with Crippen molar-refractivity contribution in [3.05, 3.63) is 24.3 Å². The first-order valence-corrected chi connectivity index (χ1v) is 5.71. The maximum Gasteiger partial charge on any atom is 0.221 e. The molecule has 0 atom stereocenters. The van der Waals surface area contributed by atoms with Gasteiger partial charge < -0.3 is 5.32 Å². The molecule has 1 rings (SSSR count). The van der Waals surface area contributed by atoms with Crippen molar-refractivity contribution in [1.29, 1.82) is 0 Å². The number of carbonyl (C=O) groups is 1. The van der Waals surface area contributed by atoms with Crippen LogP contribution in [0.3, 0.4) is 0 Å². The zero-order chi connectivity index (χ0) is 10.4. The molecule has 14 heavy (non-hydrogen) atoms. The van der Waals surface area contributed by atoms with E-state index in [9.17, 15) is 4.79 Å². The van der Waals surface area contributed by atoms with Crippen LogP contribution in [0.15, 0.2) is 29.2 Å². The van der Waals surface area contributed by atoms with Crippen LogP contribution >= 0.6 is 11.8 Å². The number of carbonyl (C=O) groups excluding carboxylic acids is 1. The molecular formula is C11H15NOS. The predicted molar refractivity (Wildman–Crippen MR) is 61.8 cm³/mol. The molecule has 0 heterocycles. The summed E-state index contributed by atoms with van der Waals surface area (Å²) in [6.45, 7) is 3.68. The molecule has 0 bridgehead atoms. The number of hydrogen-bond acceptors (Lipinski definition) is 2. The quantitative estimate of drug-likeness (QED) is 0.772. The van der Waals surface area contributed by atoms with Crippen molar-refractivity contribution in [3.63, 3.8) is 0 Å². The SMILES string of the molecule is CCCSc1cccc(NC(C)=O)c1. The first-order chi connectivity index (χ1) is 6.72. The van der Waals surface area contributed by atoms with Gasteiger partial charge in [0.05, 0.1) is 0 Å². The predicted octanol–water partition coefficient (Wildman–Crippen LogP) is 3.15. The van der Waals surface area contributed by atoms with Crippen LogP contribution in [0.2, 0.25) is 0 Å². The van der Waals surface area contributed by atoms with Gasteiger partial charge in [0.15, 0.2) is 0 Å². The fraction of sp³-hybridized carbons (Fsp3) is 0.364. The van der Waals surface area contributed by atoms with Crippen molar-refractivity contribution in [1.82, 2.24) is 0 Å². The summed E-state index contributed by atoms with van der Waals surface area (Å²) < 4.78 is 0. The number of amides is 1. The standard InChI is InChI=1S/C11H15NOS/c1-3-7-14-11-6-4-5-10(8-11)12-9(2)13/h4-6,8H,3,7H2,1-2H3,(H,12,13). The van der Waals surface area contributed by atoms with Gasteiger partial charge in [0, 0.05) is 17.5 Å². The highest BCUT2D eigenvalue weighted by Gasteiger charge is 1.97. The summed E-state index contributed by atoms with van der Waals surface area (Å²) in [7, 11) is 0. The largest absolute Gasteiger partial charge is 0.326 e. The summed E-state index contributed by atoms with van der Waals surface area (Å²) in [5.41, 5.74) is 0.874. The second-order valence-corrected chi connectivity index (χ2v) is 4.23. The van der Waals surface area contributed by atoms with Crippen LogP contribution in [0, 0.1) is 0 Å². The molecule has 1 amide bonds. The second-order valence-electron chi connectivity index (χ2n) is 3.06. The van der Waals surface area contributed by atoms with E-state index in [2.05, 4.69) is 18.3 Å². The molecule has 1 aromatic carbocycles. The van der Waals surface area contributed by atoms with Gasteiger partial charge >= 0.3 is 0 Å². The Kier molecular flexibility index (Phi) is 4.53. The molecule has 0 unspecified atom stereocenters. The Hall–Kier alpha value is -0.960. The van der Waals surface area contributed by atoms with E-state index in [-0.39, 0.29) is 5.91 Å². The van der Waals surface area contributed by atoms with Crippen molar-refractivity contribution in [2.75, 3.05) is 11.1 Å². The Morgan fingerprint density at radius 3 is 2.93 bits per heavy atom. The van der Waals surface area contributed by atoms with Gasteiger partial charge in [-0.1, -0.05) is 13.0 Å². The lowest BCUT2D eigenvalue weighted by Crippen LogP contribution is -2.05. The van der Waals surface area contributed by atoms with Gasteiger partial charge in [-0.3, -0.25) is 4.79 Å². The number of thioether (sulfide) groups is 1. The molecule has 0 aromatic heterocycles. The average molecular weight is 209 g/mol. The Morgan fingerprint density at radius 2 is 2.29 bits per heavy atom. The fourth-order valence-corrected chi connectivity index (χ4v) is 1.91. The summed E-state index contributed by atoms with van der Waals surface area (Å²) >= 11 is 1.81. The molecule has 0 aliphatic carbocycles. The average Bonchev–Trinajstić information content (AvgIpc) is 2.14. The van der Waals surface area contributed by atoms with Crippen molar-refractivity contribution in [2.24, 2.45) is 0 Å². The van der Waals surface area contributed by atoms with Crippen LogP contribution in [0.5, 0.6) is 0 Å². The van der Waals surface area contributed by atoms with E-state index in [1.165, 1.54) is 11.8 Å². The van der Waals surface area contributed by atoms with Gasteiger partial charge in [-0.05, 0) is 30.4 Å². The molecule has 0 saturated carbocycles. The molecule has 0 radical (unpaired) electrons. The zero-order valence-electron chi connectivity index (χ0n) is 8.54. The molecule has 1 aromatic rings. The number of nitrogens with one attached hydrogen (secondary N) is 1. The van der Waals surface area contributed by atoms with Gasteiger partial charge in [0.1, 0.15) is 0 Å². The van der Waals surface area contributed by atoms with Gasteiger partial charge in [0.2, 0.25) is 5.91 Å². The van der Waals surface area contributed by atoms with Crippen LogP contribution in [-0.4, -0.2) is 11.7 Å². The van der Waals surface area contributed by atoms with Crippen LogP contribution in [0.1, 0.15) is 20.3 Å². The number of rotatable bonds is 4. The molecule has 0 aliphatic rings. The van der Waals surface area contributed by atoms with Crippen LogP contribution in [0.4, 0.5) is 5.69 Å². The third kappa shape index (κ3) is 3.83. The summed E-state index contributed by atoms with van der Waals surface area (Å²) in [5.74, 6) is 1.09. The molecule has 0 spiro atoms. The summed E-state index contributed by atoms with van der Waals surface area (Å²) in [6.07, 6.45) is 1.16. The topological polar surface area (TPSA) is 29.1 Å². The van der Waals surface area contributed by atoms with Crippen LogP contribution in [0.25, 0.3) is 0 Å². The van der Waals surface area contributed by atoms with Crippen molar-refractivity contribution in [2.45, 2.75) is 25.2 Å². The normalized spacial score (nSPS) is 9.86. The Balaban J connectivity index is 2.63. The van der Waals surface area contributed by atoms with Crippen molar-refractivity contribution in [3.8, 4) is 0 Å². The molecule has 0 aliphatic heterocycles. The fourth-order valence-electron chi connectivity index (χ4n) is 1.09. The van der Waals surface area contributed by atoms with E-state index in [1.54, 1.807) is 0 Å². The zero-order valence-corrected chi connectivity index (χ0v) is 9.36. The molecule has 2 nitrogen and oxygen atoms in total. The number of benzene rings is 1. The van der Waals surface area contributed by atoms with Gasteiger partial charge in [0.25, 0.3) is 0 Å². The Morgan fingerprint density at radius 1 is 1.50 bits per heavy atom. The first-order valence-electron chi connectivity index (χ1n) is 4.73. The van der Waals surface area contributed by atoms with Crippen molar-refractivity contribution < 1.29 is 4.79 Å². The first kappa shape index (κ1) is 11.1. The molecule has 0 saturated heterocycles. The molecule has 76 valence electrons. The van der Waals surface area contributed by atoms with E-state index in [0.717, 1.165) is 17.9 Å². The maximum absolute atomic E-state index is 10.8. The highest BCUT2D eigenvalue weighted by Crippen LogP contribution is 2.21. The lowest BCUT2D eigenvalue weighted by Gasteiger charge is -2.04. The minimum Gasteiger partial charge on any atom is -0.326 e. The minimum absolute atomic E-state index is 0.0253. The molecule has 3 heteroatoms. The Labute approximate surface area is 89.1 Å². The van der Waals surface area contributed by atoms with Gasteiger partial charge in [-0.2, -0.15) is 0 Å². The lowest BCUT2D eigenvalue weighted by molar-refractivity contribution is -0.114. The minimum atomic E-state index is -0.0253.